The van der Waals surface area contributed by atoms with Crippen LogP contribution >= 0.6 is 0 Å². The molecule has 0 spiro atoms. The molecule has 1 aromatic rings. The molecular weight excluding hydrogens is 206 g/mol. The minimum absolute atomic E-state index is 0.0739. The van der Waals surface area contributed by atoms with Gasteiger partial charge in [-0.2, -0.15) is 0 Å². The van der Waals surface area contributed by atoms with Gasteiger partial charge in [0.1, 0.15) is 5.76 Å². The number of aliphatic hydroxyl groups excluding tert-OH is 1. The van der Waals surface area contributed by atoms with Crippen LogP contribution in [0.15, 0.2) is 28.9 Å². The van der Waals surface area contributed by atoms with E-state index in [9.17, 15) is 9.90 Å². The highest BCUT2D eigenvalue weighted by atomic mass is 16.3. The monoisotopic (exact) mass is 221 g/mol. The summed E-state index contributed by atoms with van der Waals surface area (Å²) in [6.07, 6.45) is 5.96. The normalized spacial score (nSPS) is 21.6. The van der Waals surface area contributed by atoms with Crippen molar-refractivity contribution in [3.05, 3.63) is 30.2 Å². The van der Waals surface area contributed by atoms with E-state index in [0.717, 1.165) is 19.4 Å². The minimum atomic E-state index is -0.380. The summed E-state index contributed by atoms with van der Waals surface area (Å²) in [7, 11) is 0. The molecule has 1 amide bonds. The Hall–Kier alpha value is -1.55. The summed E-state index contributed by atoms with van der Waals surface area (Å²) in [6.45, 7) is 1.15. The molecule has 86 valence electrons. The van der Waals surface area contributed by atoms with Crippen LogP contribution in [0.1, 0.15) is 18.6 Å². The first-order valence-corrected chi connectivity index (χ1v) is 5.44. The van der Waals surface area contributed by atoms with E-state index in [1.54, 1.807) is 29.4 Å². The van der Waals surface area contributed by atoms with E-state index in [1.165, 1.54) is 6.08 Å². The van der Waals surface area contributed by atoms with Gasteiger partial charge in [0.05, 0.1) is 12.4 Å². The van der Waals surface area contributed by atoms with Gasteiger partial charge in [0.15, 0.2) is 0 Å². The number of nitrogens with zero attached hydrogens (tertiary/aromatic N) is 1. The Morgan fingerprint density at radius 2 is 2.50 bits per heavy atom. The van der Waals surface area contributed by atoms with Crippen LogP contribution in [0.4, 0.5) is 0 Å². The molecule has 0 aromatic carbocycles. The lowest BCUT2D eigenvalue weighted by Gasteiger charge is -2.29. The Labute approximate surface area is 94.2 Å². The number of β-amino-alcohol motifs (C(OH)–C–C–N with tert-alkyl or cyclic N) is 1. The van der Waals surface area contributed by atoms with Crippen LogP contribution < -0.4 is 0 Å². The third-order valence-electron chi connectivity index (χ3n) is 2.64. The Morgan fingerprint density at radius 3 is 3.19 bits per heavy atom. The lowest BCUT2D eigenvalue weighted by molar-refractivity contribution is -0.128. The van der Waals surface area contributed by atoms with Crippen molar-refractivity contribution in [1.82, 2.24) is 4.90 Å². The second kappa shape index (κ2) is 4.99. The van der Waals surface area contributed by atoms with Crippen molar-refractivity contribution in [1.29, 1.82) is 0 Å². The maximum absolute atomic E-state index is 11.7. The molecule has 1 atom stereocenters. The van der Waals surface area contributed by atoms with Crippen LogP contribution in [-0.2, 0) is 4.79 Å². The van der Waals surface area contributed by atoms with Crippen molar-refractivity contribution in [2.45, 2.75) is 18.9 Å². The predicted molar refractivity (Wildman–Crippen MR) is 59.6 cm³/mol. The van der Waals surface area contributed by atoms with Crippen LogP contribution in [0.5, 0.6) is 0 Å². The van der Waals surface area contributed by atoms with E-state index >= 15 is 0 Å². The van der Waals surface area contributed by atoms with Crippen molar-refractivity contribution in [2.75, 3.05) is 13.1 Å². The molecule has 1 aliphatic heterocycles. The van der Waals surface area contributed by atoms with Gasteiger partial charge in [-0.15, -0.1) is 0 Å². The lowest BCUT2D eigenvalue weighted by Crippen LogP contribution is -2.41. The van der Waals surface area contributed by atoms with Crippen LogP contribution in [0.2, 0.25) is 0 Å². The number of carbonyl (C=O) groups excluding carboxylic acids is 1. The molecule has 1 aromatic heterocycles. The molecule has 1 aliphatic rings. The number of aliphatic hydroxyl groups is 1. The third-order valence-corrected chi connectivity index (χ3v) is 2.64. The highest BCUT2D eigenvalue weighted by Crippen LogP contribution is 2.11. The second-order valence-electron chi connectivity index (χ2n) is 3.93. The molecule has 2 rings (SSSR count). The summed E-state index contributed by atoms with van der Waals surface area (Å²) >= 11 is 0. The number of amides is 1. The molecule has 1 fully saturated rings. The van der Waals surface area contributed by atoms with Crippen molar-refractivity contribution in [3.8, 4) is 0 Å². The SMILES string of the molecule is O=C(/C=C/c1ccco1)N1CCCC(O)C1. The van der Waals surface area contributed by atoms with Crippen LogP contribution in [-0.4, -0.2) is 35.1 Å². The fourth-order valence-electron chi connectivity index (χ4n) is 1.80. The number of carbonyl (C=O) groups is 1. The molecule has 0 saturated carbocycles. The Morgan fingerprint density at radius 1 is 1.62 bits per heavy atom. The predicted octanol–water partition coefficient (Wildman–Crippen LogP) is 1.28. The molecule has 1 unspecified atom stereocenters. The van der Waals surface area contributed by atoms with Crippen LogP contribution in [0.3, 0.4) is 0 Å². The molecular formula is C12H15NO3. The van der Waals surface area contributed by atoms with E-state index in [2.05, 4.69) is 0 Å². The molecule has 0 radical (unpaired) electrons. The number of hydrogen-bond acceptors (Lipinski definition) is 3. The van der Waals surface area contributed by atoms with Gasteiger partial charge in [0, 0.05) is 19.2 Å². The topological polar surface area (TPSA) is 53.7 Å². The molecule has 1 saturated heterocycles. The highest BCUT2D eigenvalue weighted by Gasteiger charge is 2.20. The molecule has 0 bridgehead atoms. The van der Waals surface area contributed by atoms with Crippen LogP contribution in [0, 0.1) is 0 Å². The number of likely N-dealkylation sites (tertiary alicyclic amines) is 1. The third kappa shape index (κ3) is 2.73. The summed E-state index contributed by atoms with van der Waals surface area (Å²) < 4.78 is 5.09. The van der Waals surface area contributed by atoms with E-state index in [0.29, 0.717) is 12.3 Å². The van der Waals surface area contributed by atoms with E-state index in [1.807, 2.05) is 0 Å². The number of rotatable bonds is 2. The summed E-state index contributed by atoms with van der Waals surface area (Å²) in [6, 6.07) is 3.56. The fraction of sp³-hybridized carbons (Fsp3) is 0.417. The smallest absolute Gasteiger partial charge is 0.246 e. The zero-order valence-electron chi connectivity index (χ0n) is 9.00. The first-order valence-electron chi connectivity index (χ1n) is 5.44. The van der Waals surface area contributed by atoms with E-state index in [-0.39, 0.29) is 12.0 Å². The molecule has 4 nitrogen and oxygen atoms in total. The first-order chi connectivity index (χ1) is 7.75. The lowest BCUT2D eigenvalue weighted by atomic mass is 10.1. The maximum atomic E-state index is 11.7. The Balaban J connectivity index is 1.92. The molecule has 16 heavy (non-hydrogen) atoms. The average molecular weight is 221 g/mol. The van der Waals surface area contributed by atoms with Gasteiger partial charge in [0.25, 0.3) is 0 Å². The van der Waals surface area contributed by atoms with Gasteiger partial charge in [-0.1, -0.05) is 0 Å². The molecule has 1 N–H and O–H groups in total. The maximum Gasteiger partial charge on any atom is 0.246 e. The summed E-state index contributed by atoms with van der Waals surface area (Å²) in [5, 5.41) is 9.44. The molecule has 4 heteroatoms. The average Bonchev–Trinajstić information content (AvgIpc) is 2.78. The highest BCUT2D eigenvalue weighted by molar-refractivity contribution is 5.91. The zero-order valence-corrected chi connectivity index (χ0v) is 9.00. The van der Waals surface area contributed by atoms with Gasteiger partial charge >= 0.3 is 0 Å². The molecule has 2 heterocycles. The van der Waals surface area contributed by atoms with Gasteiger partial charge in [0.2, 0.25) is 5.91 Å². The number of piperidine rings is 1. The Bertz CT molecular complexity index is 370. The van der Waals surface area contributed by atoms with Gasteiger partial charge in [-0.05, 0) is 31.1 Å². The summed E-state index contributed by atoms with van der Waals surface area (Å²) in [5.74, 6) is 0.584. The van der Waals surface area contributed by atoms with Crippen LogP contribution in [0.25, 0.3) is 6.08 Å². The fourth-order valence-corrected chi connectivity index (χ4v) is 1.80. The first kappa shape index (κ1) is 11.0. The zero-order chi connectivity index (χ0) is 11.4. The van der Waals surface area contributed by atoms with Crippen molar-refractivity contribution in [2.24, 2.45) is 0 Å². The second-order valence-corrected chi connectivity index (χ2v) is 3.93. The number of furan rings is 1. The summed E-state index contributed by atoms with van der Waals surface area (Å²) in [5.41, 5.74) is 0. The standard InChI is InChI=1S/C12H15NO3/c14-10-3-1-7-13(9-10)12(15)6-5-11-4-2-8-16-11/h2,4-6,8,10,14H,1,3,7,9H2/b6-5+. The minimum Gasteiger partial charge on any atom is -0.465 e. The van der Waals surface area contributed by atoms with Crippen molar-refractivity contribution in [3.63, 3.8) is 0 Å². The van der Waals surface area contributed by atoms with Gasteiger partial charge in [-0.3, -0.25) is 4.79 Å². The largest absolute Gasteiger partial charge is 0.465 e. The van der Waals surface area contributed by atoms with E-state index < -0.39 is 0 Å². The van der Waals surface area contributed by atoms with Gasteiger partial charge in [-0.25, -0.2) is 0 Å². The number of hydrogen-bond donors (Lipinski definition) is 1. The molecule has 0 aliphatic carbocycles. The van der Waals surface area contributed by atoms with Gasteiger partial charge < -0.3 is 14.4 Å². The Kier molecular flexibility index (Phi) is 3.41. The van der Waals surface area contributed by atoms with Crippen molar-refractivity contribution < 1.29 is 14.3 Å². The van der Waals surface area contributed by atoms with Crippen molar-refractivity contribution >= 4 is 12.0 Å². The quantitative estimate of drug-likeness (QED) is 0.765. The summed E-state index contributed by atoms with van der Waals surface area (Å²) in [4.78, 5) is 13.4. The van der Waals surface area contributed by atoms with E-state index in [4.69, 9.17) is 4.42 Å².